The summed E-state index contributed by atoms with van der Waals surface area (Å²) in [6, 6.07) is 0. The van der Waals surface area contributed by atoms with E-state index in [-0.39, 0.29) is 17.5 Å². The second-order valence-corrected chi connectivity index (χ2v) is 6.24. The maximum Gasteiger partial charge on any atom is 0.180 e. The molecular weight excluding hydrogens is 228 g/mol. The van der Waals surface area contributed by atoms with Gasteiger partial charge in [-0.05, 0) is 38.3 Å². The Morgan fingerprint density at radius 1 is 1.39 bits per heavy atom. The average molecular weight is 250 g/mol. The topological polar surface area (TPSA) is 49.8 Å². The fraction of sp³-hybridized carbons (Fsp3) is 0.667. The van der Waals surface area contributed by atoms with Gasteiger partial charge in [0, 0.05) is 5.41 Å². The molecule has 3 nitrogen and oxygen atoms in total. The van der Waals surface area contributed by atoms with Gasteiger partial charge >= 0.3 is 0 Å². The molecule has 1 heterocycles. The van der Waals surface area contributed by atoms with Crippen LogP contribution in [-0.4, -0.2) is 28.7 Å². The number of carbonyl (C=O) groups is 1. The first-order valence-electron chi connectivity index (χ1n) is 6.52. The number of ketones is 1. The predicted octanol–water partition coefficient (Wildman–Crippen LogP) is 2.40. The zero-order chi connectivity index (χ0) is 13.6. The van der Waals surface area contributed by atoms with E-state index in [0.717, 1.165) is 18.4 Å². The highest BCUT2D eigenvalue weighted by atomic mass is 16.6. The van der Waals surface area contributed by atoms with Gasteiger partial charge in [-0.25, -0.2) is 0 Å². The Morgan fingerprint density at radius 2 is 2.06 bits per heavy atom. The normalized spacial score (nSPS) is 39.6. The Labute approximate surface area is 109 Å². The first kappa shape index (κ1) is 13.5. The molecule has 3 unspecified atom stereocenters. The molecule has 2 rings (SSSR count). The van der Waals surface area contributed by atoms with E-state index in [2.05, 4.69) is 0 Å². The highest BCUT2D eigenvalue weighted by Gasteiger charge is 2.58. The molecule has 1 N–H and O–H groups in total. The molecule has 1 aliphatic carbocycles. The van der Waals surface area contributed by atoms with Gasteiger partial charge in [-0.15, -0.1) is 0 Å². The lowest BCUT2D eigenvalue weighted by molar-refractivity contribution is -0.111. The van der Waals surface area contributed by atoms with E-state index in [1.807, 2.05) is 33.8 Å². The van der Waals surface area contributed by atoms with E-state index in [1.165, 1.54) is 0 Å². The van der Waals surface area contributed by atoms with Crippen molar-refractivity contribution in [2.75, 3.05) is 0 Å². The van der Waals surface area contributed by atoms with Gasteiger partial charge in [-0.1, -0.05) is 26.0 Å². The van der Waals surface area contributed by atoms with E-state index in [4.69, 9.17) is 4.74 Å². The zero-order valence-corrected chi connectivity index (χ0v) is 11.6. The third-order valence-electron chi connectivity index (χ3n) is 4.13. The summed E-state index contributed by atoms with van der Waals surface area (Å²) < 4.78 is 5.69. The van der Waals surface area contributed by atoms with Gasteiger partial charge in [0.1, 0.15) is 6.10 Å². The number of epoxide rings is 1. The summed E-state index contributed by atoms with van der Waals surface area (Å²) in [6.45, 7) is 7.73. The van der Waals surface area contributed by atoms with Crippen LogP contribution in [0.15, 0.2) is 23.8 Å². The summed E-state index contributed by atoms with van der Waals surface area (Å²) in [6.07, 6.45) is 6.27. The van der Waals surface area contributed by atoms with Crippen LogP contribution in [0.5, 0.6) is 0 Å². The second kappa shape index (κ2) is 4.32. The Morgan fingerprint density at radius 3 is 2.72 bits per heavy atom. The first-order valence-corrected chi connectivity index (χ1v) is 6.52. The van der Waals surface area contributed by atoms with E-state index in [0.29, 0.717) is 0 Å². The molecule has 2 aliphatic rings. The van der Waals surface area contributed by atoms with Gasteiger partial charge in [-0.3, -0.25) is 4.79 Å². The standard InChI is InChI=1S/C15H22O3/c1-10-6-5-8-15(4)13(18-15)12(17)14(2,3)9-7-11(10)16/h6-7,9,12-13,17H,5,8H2,1-4H3. The maximum absolute atomic E-state index is 11.8. The van der Waals surface area contributed by atoms with Crippen LogP contribution in [-0.2, 0) is 9.53 Å². The molecule has 0 aromatic rings. The number of aliphatic hydroxyl groups excluding tert-OH is 1. The zero-order valence-electron chi connectivity index (χ0n) is 11.6. The van der Waals surface area contributed by atoms with Crippen LogP contribution in [0.1, 0.15) is 40.5 Å². The Kier molecular flexibility index (Phi) is 3.24. The van der Waals surface area contributed by atoms with Crippen molar-refractivity contribution in [3.8, 4) is 0 Å². The van der Waals surface area contributed by atoms with Crippen LogP contribution in [0.2, 0.25) is 0 Å². The minimum Gasteiger partial charge on any atom is -0.389 e. The van der Waals surface area contributed by atoms with Gasteiger partial charge in [0.15, 0.2) is 5.78 Å². The Hall–Kier alpha value is -0.930. The van der Waals surface area contributed by atoms with Crippen molar-refractivity contribution >= 4 is 5.78 Å². The molecule has 0 saturated carbocycles. The summed E-state index contributed by atoms with van der Waals surface area (Å²) in [5.41, 5.74) is 0.0662. The average Bonchev–Trinajstić information content (AvgIpc) is 2.96. The quantitative estimate of drug-likeness (QED) is 0.672. The first-order chi connectivity index (χ1) is 8.26. The number of aliphatic hydroxyl groups is 1. The van der Waals surface area contributed by atoms with Crippen molar-refractivity contribution in [2.24, 2.45) is 5.41 Å². The summed E-state index contributed by atoms with van der Waals surface area (Å²) in [4.78, 5) is 11.8. The van der Waals surface area contributed by atoms with Crippen molar-refractivity contribution in [1.29, 1.82) is 0 Å². The van der Waals surface area contributed by atoms with Crippen molar-refractivity contribution in [2.45, 2.75) is 58.3 Å². The van der Waals surface area contributed by atoms with E-state index >= 15 is 0 Å². The molecule has 1 aliphatic heterocycles. The summed E-state index contributed by atoms with van der Waals surface area (Å²) in [7, 11) is 0. The van der Waals surface area contributed by atoms with E-state index in [1.54, 1.807) is 12.2 Å². The smallest absolute Gasteiger partial charge is 0.180 e. The Balaban J connectivity index is 2.29. The van der Waals surface area contributed by atoms with Gasteiger partial charge < -0.3 is 9.84 Å². The SMILES string of the molecule is CC1=CCCC2(C)OC2C(O)C(C)(C)C=CC1=O. The molecule has 0 spiro atoms. The van der Waals surface area contributed by atoms with E-state index in [9.17, 15) is 9.90 Å². The highest BCUT2D eigenvalue weighted by molar-refractivity contribution is 6.03. The number of ether oxygens (including phenoxy) is 1. The predicted molar refractivity (Wildman–Crippen MR) is 70.2 cm³/mol. The monoisotopic (exact) mass is 250 g/mol. The van der Waals surface area contributed by atoms with Crippen LogP contribution in [0.4, 0.5) is 0 Å². The Bertz CT molecular complexity index is 419. The summed E-state index contributed by atoms with van der Waals surface area (Å²) in [5, 5.41) is 10.4. The molecule has 1 fully saturated rings. The molecule has 0 amide bonds. The molecule has 0 radical (unpaired) electrons. The largest absolute Gasteiger partial charge is 0.389 e. The van der Waals surface area contributed by atoms with Crippen LogP contribution in [0.25, 0.3) is 0 Å². The van der Waals surface area contributed by atoms with Crippen molar-refractivity contribution < 1.29 is 14.6 Å². The maximum atomic E-state index is 11.8. The third-order valence-corrected chi connectivity index (χ3v) is 4.13. The van der Waals surface area contributed by atoms with Crippen LogP contribution >= 0.6 is 0 Å². The molecule has 0 bridgehead atoms. The fourth-order valence-electron chi connectivity index (χ4n) is 2.44. The lowest BCUT2D eigenvalue weighted by atomic mass is 9.81. The summed E-state index contributed by atoms with van der Waals surface area (Å²) in [5.74, 6) is 0.0249. The molecule has 0 aromatic carbocycles. The van der Waals surface area contributed by atoms with E-state index < -0.39 is 11.5 Å². The van der Waals surface area contributed by atoms with Gasteiger partial charge in [0.2, 0.25) is 0 Å². The minimum absolute atomic E-state index is 0.0249. The number of rotatable bonds is 0. The van der Waals surface area contributed by atoms with Crippen LogP contribution in [0, 0.1) is 5.41 Å². The molecule has 18 heavy (non-hydrogen) atoms. The molecular formula is C15H22O3. The highest BCUT2D eigenvalue weighted by Crippen LogP contribution is 2.47. The third kappa shape index (κ3) is 2.43. The van der Waals surface area contributed by atoms with Crippen molar-refractivity contribution in [3.63, 3.8) is 0 Å². The number of fused-ring (bicyclic) bond motifs is 1. The molecule has 1 saturated heterocycles. The van der Waals surface area contributed by atoms with Gasteiger partial charge in [0.05, 0.1) is 11.7 Å². The summed E-state index contributed by atoms with van der Waals surface area (Å²) >= 11 is 0. The minimum atomic E-state index is -0.579. The van der Waals surface area contributed by atoms with Crippen LogP contribution in [0.3, 0.4) is 0 Å². The molecule has 3 heteroatoms. The number of allylic oxidation sites excluding steroid dienone is 3. The number of hydrogen-bond donors (Lipinski definition) is 1. The fourth-order valence-corrected chi connectivity index (χ4v) is 2.44. The van der Waals surface area contributed by atoms with Crippen LogP contribution < -0.4 is 0 Å². The van der Waals surface area contributed by atoms with Gasteiger partial charge in [-0.2, -0.15) is 0 Å². The molecule has 100 valence electrons. The number of hydrogen-bond acceptors (Lipinski definition) is 3. The lowest BCUT2D eigenvalue weighted by Crippen LogP contribution is -2.35. The second-order valence-electron chi connectivity index (χ2n) is 6.24. The van der Waals surface area contributed by atoms with Crippen molar-refractivity contribution in [3.05, 3.63) is 23.8 Å². The molecule has 0 aromatic heterocycles. The van der Waals surface area contributed by atoms with Crippen molar-refractivity contribution in [1.82, 2.24) is 0 Å². The molecule has 3 atom stereocenters. The number of carbonyl (C=O) groups excluding carboxylic acids is 1. The van der Waals surface area contributed by atoms with Gasteiger partial charge in [0.25, 0.3) is 0 Å². The lowest BCUT2D eigenvalue weighted by Gasteiger charge is -2.26.